The van der Waals surface area contributed by atoms with Crippen molar-refractivity contribution >= 4 is 27.5 Å². The second kappa shape index (κ2) is 9.30. The predicted molar refractivity (Wildman–Crippen MR) is 114 cm³/mol. The Morgan fingerprint density at radius 3 is 2.79 bits per heavy atom. The molecule has 0 saturated carbocycles. The first-order valence-corrected chi connectivity index (χ1v) is 10.9. The number of rotatable bonds is 8. The average molecular weight is 395 g/mol. The molecule has 0 bridgehead atoms. The van der Waals surface area contributed by atoms with E-state index in [1.165, 1.54) is 10.3 Å². The zero-order valence-electron chi connectivity index (χ0n) is 16.0. The van der Waals surface area contributed by atoms with Crippen LogP contribution in [0.4, 0.5) is 0 Å². The molecule has 146 valence electrons. The maximum atomic E-state index is 12.7. The van der Waals surface area contributed by atoms with E-state index in [4.69, 9.17) is 9.72 Å². The molecule has 1 amide bonds. The van der Waals surface area contributed by atoms with Crippen LogP contribution >= 0.6 is 11.3 Å². The number of hydrogen-bond donors (Lipinski definition) is 0. The molecule has 1 aliphatic rings. The number of ether oxygens (including phenoxy) is 1. The lowest BCUT2D eigenvalue weighted by Gasteiger charge is -2.23. The molecule has 1 aromatic heterocycles. The number of amides is 1. The van der Waals surface area contributed by atoms with Gasteiger partial charge in [0.05, 0.1) is 22.9 Å². The van der Waals surface area contributed by atoms with Crippen LogP contribution in [0.15, 0.2) is 54.6 Å². The third-order valence-corrected chi connectivity index (χ3v) is 6.36. The Labute approximate surface area is 170 Å². The van der Waals surface area contributed by atoms with Crippen molar-refractivity contribution in [1.82, 2.24) is 9.88 Å². The van der Waals surface area contributed by atoms with Crippen molar-refractivity contribution in [2.45, 2.75) is 38.1 Å². The highest BCUT2D eigenvalue weighted by Crippen LogP contribution is 2.36. The average Bonchev–Trinajstić information content (AvgIpc) is 3.37. The number of carbonyl (C=O) groups is 1. The van der Waals surface area contributed by atoms with Gasteiger partial charge in [0, 0.05) is 19.6 Å². The highest BCUT2D eigenvalue weighted by molar-refractivity contribution is 7.18. The van der Waals surface area contributed by atoms with Gasteiger partial charge in [-0.15, -0.1) is 11.3 Å². The van der Waals surface area contributed by atoms with Crippen LogP contribution in [0.2, 0.25) is 0 Å². The number of nitrogens with zero attached hydrogens (tertiary/aromatic N) is 2. The summed E-state index contributed by atoms with van der Waals surface area (Å²) in [5.41, 5.74) is 2.32. The summed E-state index contributed by atoms with van der Waals surface area (Å²) in [7, 11) is 0. The third-order valence-electron chi connectivity index (χ3n) is 5.23. The van der Waals surface area contributed by atoms with Gasteiger partial charge in [0.15, 0.2) is 0 Å². The first-order valence-electron chi connectivity index (χ1n) is 10.1. The molecule has 2 heterocycles. The minimum absolute atomic E-state index is 0.142. The highest BCUT2D eigenvalue weighted by atomic mass is 32.1. The molecule has 1 unspecified atom stereocenters. The lowest BCUT2D eigenvalue weighted by atomic mass is 10.2. The molecule has 1 saturated heterocycles. The second-order valence-corrected chi connectivity index (χ2v) is 8.28. The molecule has 0 N–H and O–H groups in total. The van der Waals surface area contributed by atoms with Crippen LogP contribution in [0, 0.1) is 0 Å². The molecule has 0 spiro atoms. The van der Waals surface area contributed by atoms with Crippen molar-refractivity contribution in [1.29, 1.82) is 0 Å². The number of likely N-dealkylation sites (tertiary alicyclic amines) is 1. The third kappa shape index (κ3) is 4.59. The first kappa shape index (κ1) is 19.1. The molecule has 1 fully saturated rings. The van der Waals surface area contributed by atoms with E-state index in [0.717, 1.165) is 42.8 Å². The Morgan fingerprint density at radius 2 is 1.93 bits per heavy atom. The summed E-state index contributed by atoms with van der Waals surface area (Å²) in [6.07, 6.45) is 4.31. The zero-order valence-corrected chi connectivity index (χ0v) is 16.9. The zero-order chi connectivity index (χ0) is 19.2. The minimum atomic E-state index is 0.142. The van der Waals surface area contributed by atoms with Crippen molar-refractivity contribution < 1.29 is 9.53 Å². The number of fused-ring (bicyclic) bond motifs is 1. The fourth-order valence-electron chi connectivity index (χ4n) is 3.76. The standard InChI is InChI=1S/C23H26N2O2S/c26-22(13-7-16-27-17-14-18-8-2-1-3-9-18)25-15-6-11-20(25)23-24-19-10-4-5-12-21(19)28-23/h1-5,8-10,12,20H,6-7,11,13-17H2. The maximum Gasteiger partial charge on any atom is 0.223 e. The quantitative estimate of drug-likeness (QED) is 0.505. The van der Waals surface area contributed by atoms with Crippen molar-refractivity contribution in [3.8, 4) is 0 Å². The summed E-state index contributed by atoms with van der Waals surface area (Å²) >= 11 is 1.72. The molecule has 28 heavy (non-hydrogen) atoms. The molecular weight excluding hydrogens is 368 g/mol. The van der Waals surface area contributed by atoms with Crippen molar-refractivity contribution in [2.75, 3.05) is 19.8 Å². The molecule has 5 heteroatoms. The maximum absolute atomic E-state index is 12.7. The molecule has 0 radical (unpaired) electrons. The van der Waals surface area contributed by atoms with E-state index in [0.29, 0.717) is 19.6 Å². The van der Waals surface area contributed by atoms with Gasteiger partial charge in [-0.2, -0.15) is 0 Å². The van der Waals surface area contributed by atoms with Gasteiger partial charge in [-0.05, 0) is 43.4 Å². The van der Waals surface area contributed by atoms with E-state index in [1.54, 1.807) is 11.3 Å². The van der Waals surface area contributed by atoms with E-state index in [9.17, 15) is 4.79 Å². The van der Waals surface area contributed by atoms with Gasteiger partial charge < -0.3 is 9.64 Å². The second-order valence-electron chi connectivity index (χ2n) is 7.22. The molecule has 1 aliphatic heterocycles. The Kier molecular flexibility index (Phi) is 6.34. The van der Waals surface area contributed by atoms with Crippen molar-refractivity contribution in [2.24, 2.45) is 0 Å². The van der Waals surface area contributed by atoms with Gasteiger partial charge in [0.25, 0.3) is 0 Å². The number of aromatic nitrogens is 1. The molecule has 4 nitrogen and oxygen atoms in total. The topological polar surface area (TPSA) is 42.4 Å². The highest BCUT2D eigenvalue weighted by Gasteiger charge is 2.31. The van der Waals surface area contributed by atoms with E-state index in [-0.39, 0.29) is 11.9 Å². The minimum Gasteiger partial charge on any atom is -0.381 e. The lowest BCUT2D eigenvalue weighted by molar-refractivity contribution is -0.132. The van der Waals surface area contributed by atoms with E-state index in [1.807, 2.05) is 41.3 Å². The van der Waals surface area contributed by atoms with Gasteiger partial charge in [0.1, 0.15) is 5.01 Å². The van der Waals surface area contributed by atoms with Crippen LogP contribution in [-0.2, 0) is 16.0 Å². The SMILES string of the molecule is O=C(CCCOCCc1ccccc1)N1CCCC1c1nc2ccccc2s1. The molecule has 0 aliphatic carbocycles. The van der Waals surface area contributed by atoms with E-state index in [2.05, 4.69) is 18.2 Å². The largest absolute Gasteiger partial charge is 0.381 e. The molecule has 3 aromatic rings. The summed E-state index contributed by atoms with van der Waals surface area (Å²) in [4.78, 5) is 19.6. The monoisotopic (exact) mass is 394 g/mol. The Morgan fingerprint density at radius 1 is 1.11 bits per heavy atom. The first-order chi connectivity index (χ1) is 13.8. The van der Waals surface area contributed by atoms with Crippen molar-refractivity contribution in [3.63, 3.8) is 0 Å². The fraction of sp³-hybridized carbons (Fsp3) is 0.391. The van der Waals surface area contributed by atoms with Gasteiger partial charge in [0.2, 0.25) is 5.91 Å². The smallest absolute Gasteiger partial charge is 0.223 e. The van der Waals surface area contributed by atoms with Crippen LogP contribution in [-0.4, -0.2) is 35.5 Å². The normalized spacial score (nSPS) is 16.7. The van der Waals surface area contributed by atoms with E-state index >= 15 is 0 Å². The number of thiazole rings is 1. The van der Waals surface area contributed by atoms with Gasteiger partial charge in [-0.1, -0.05) is 42.5 Å². The Hall–Kier alpha value is -2.24. The lowest BCUT2D eigenvalue weighted by Crippen LogP contribution is -2.30. The fourth-order valence-corrected chi connectivity index (χ4v) is 4.88. The van der Waals surface area contributed by atoms with Gasteiger partial charge in [-0.3, -0.25) is 4.79 Å². The summed E-state index contributed by atoms with van der Waals surface area (Å²) in [5, 5.41) is 1.08. The summed E-state index contributed by atoms with van der Waals surface area (Å²) < 4.78 is 6.92. The molecule has 1 atom stereocenters. The van der Waals surface area contributed by atoms with Crippen LogP contribution in [0.3, 0.4) is 0 Å². The Balaban J connectivity index is 1.23. The number of benzene rings is 2. The van der Waals surface area contributed by atoms with Gasteiger partial charge in [-0.25, -0.2) is 4.98 Å². The predicted octanol–water partition coefficient (Wildman–Crippen LogP) is 5.00. The number of para-hydroxylation sites is 1. The summed E-state index contributed by atoms with van der Waals surface area (Å²) in [6.45, 7) is 2.18. The number of hydrogen-bond acceptors (Lipinski definition) is 4. The summed E-state index contributed by atoms with van der Waals surface area (Å²) in [6, 6.07) is 18.7. The Bertz CT molecular complexity index is 876. The molecular formula is C23H26N2O2S. The molecule has 2 aromatic carbocycles. The van der Waals surface area contributed by atoms with Crippen LogP contribution in [0.1, 0.15) is 42.3 Å². The number of carbonyl (C=O) groups excluding carboxylic acids is 1. The van der Waals surface area contributed by atoms with Crippen LogP contribution in [0.5, 0.6) is 0 Å². The van der Waals surface area contributed by atoms with E-state index < -0.39 is 0 Å². The van der Waals surface area contributed by atoms with Crippen LogP contribution in [0.25, 0.3) is 10.2 Å². The summed E-state index contributed by atoms with van der Waals surface area (Å²) in [5.74, 6) is 0.230. The van der Waals surface area contributed by atoms with Crippen LogP contribution < -0.4 is 0 Å². The molecule has 4 rings (SSSR count). The van der Waals surface area contributed by atoms with Gasteiger partial charge >= 0.3 is 0 Å². The van der Waals surface area contributed by atoms with Crippen molar-refractivity contribution in [3.05, 3.63) is 65.2 Å².